The number of aromatic nitrogens is 4. The van der Waals surface area contributed by atoms with E-state index in [0.29, 0.717) is 26.2 Å². The summed E-state index contributed by atoms with van der Waals surface area (Å²) in [6.45, 7) is 1.96. The summed E-state index contributed by atoms with van der Waals surface area (Å²) in [4.78, 5) is 23.3. The summed E-state index contributed by atoms with van der Waals surface area (Å²) >= 11 is 0. The van der Waals surface area contributed by atoms with Crippen molar-refractivity contribution in [1.29, 1.82) is 0 Å². The summed E-state index contributed by atoms with van der Waals surface area (Å²) in [6.07, 6.45) is 7.13. The first kappa shape index (κ1) is 16.2. The molecule has 0 radical (unpaired) electrons. The molecular formula is C17H22N6O2. The van der Waals surface area contributed by atoms with Crippen molar-refractivity contribution in [2.45, 2.75) is 24.4 Å². The molecule has 2 saturated heterocycles. The average molecular weight is 342 g/mol. The molecule has 0 unspecified atom stereocenters. The first-order valence-electron chi connectivity index (χ1n) is 8.60. The molecular weight excluding hydrogens is 320 g/mol. The van der Waals surface area contributed by atoms with Gasteiger partial charge in [-0.1, -0.05) is 0 Å². The molecule has 132 valence electrons. The predicted molar refractivity (Wildman–Crippen MR) is 90.6 cm³/mol. The van der Waals surface area contributed by atoms with E-state index >= 15 is 0 Å². The van der Waals surface area contributed by atoms with Crippen molar-refractivity contribution < 1.29 is 9.90 Å². The van der Waals surface area contributed by atoms with Gasteiger partial charge in [0, 0.05) is 57.1 Å². The van der Waals surface area contributed by atoms with Gasteiger partial charge in [-0.15, -0.1) is 0 Å². The molecule has 2 aliphatic heterocycles. The largest absolute Gasteiger partial charge is 0.377 e. The maximum atomic E-state index is 12.4. The SMILES string of the molecule is Cn1cc(-c2ccnc(C3CCN(C(=O)C4(O)CNC4)CC3)n2)cn1. The summed E-state index contributed by atoms with van der Waals surface area (Å²) in [6, 6.07) is 1.89. The number of piperidine rings is 1. The van der Waals surface area contributed by atoms with Crippen molar-refractivity contribution in [1.82, 2.24) is 30.0 Å². The molecule has 0 saturated carbocycles. The van der Waals surface area contributed by atoms with Crippen LogP contribution < -0.4 is 5.32 Å². The van der Waals surface area contributed by atoms with Gasteiger partial charge in [-0.25, -0.2) is 9.97 Å². The van der Waals surface area contributed by atoms with Gasteiger partial charge in [-0.2, -0.15) is 5.10 Å². The Kier molecular flexibility index (Phi) is 4.01. The molecule has 8 heteroatoms. The number of aryl methyl sites for hydroxylation is 1. The van der Waals surface area contributed by atoms with Gasteiger partial charge >= 0.3 is 0 Å². The summed E-state index contributed by atoms with van der Waals surface area (Å²) in [5, 5.41) is 17.3. The standard InChI is InChI=1S/C17H22N6O2/c1-22-9-13(8-20-22)14-2-5-19-15(21-14)12-3-6-23(7-4-12)16(24)17(25)10-18-11-17/h2,5,8-9,12,18,25H,3-4,6-7,10-11H2,1H3. The normalized spacial score (nSPS) is 20.3. The van der Waals surface area contributed by atoms with E-state index < -0.39 is 5.60 Å². The molecule has 4 heterocycles. The smallest absolute Gasteiger partial charge is 0.257 e. The Balaban J connectivity index is 1.43. The minimum Gasteiger partial charge on any atom is -0.377 e. The fraction of sp³-hybridized carbons (Fsp3) is 0.529. The van der Waals surface area contributed by atoms with Gasteiger partial charge in [0.15, 0.2) is 5.60 Å². The molecule has 0 bridgehead atoms. The van der Waals surface area contributed by atoms with E-state index in [4.69, 9.17) is 4.98 Å². The van der Waals surface area contributed by atoms with Gasteiger partial charge in [0.1, 0.15) is 5.82 Å². The van der Waals surface area contributed by atoms with Crippen LogP contribution in [0.3, 0.4) is 0 Å². The van der Waals surface area contributed by atoms with Crippen LogP contribution in [-0.2, 0) is 11.8 Å². The highest BCUT2D eigenvalue weighted by molar-refractivity contribution is 5.86. The van der Waals surface area contributed by atoms with E-state index in [1.807, 2.05) is 19.3 Å². The van der Waals surface area contributed by atoms with Gasteiger partial charge < -0.3 is 15.3 Å². The van der Waals surface area contributed by atoms with Crippen LogP contribution in [0.1, 0.15) is 24.6 Å². The van der Waals surface area contributed by atoms with Crippen LogP contribution in [0.25, 0.3) is 11.3 Å². The van der Waals surface area contributed by atoms with Crippen molar-refractivity contribution in [2.24, 2.45) is 7.05 Å². The van der Waals surface area contributed by atoms with E-state index in [1.54, 1.807) is 22.0 Å². The van der Waals surface area contributed by atoms with Gasteiger partial charge in [0.05, 0.1) is 11.9 Å². The molecule has 4 rings (SSSR count). The molecule has 1 amide bonds. The van der Waals surface area contributed by atoms with Gasteiger partial charge in [0.25, 0.3) is 5.91 Å². The van der Waals surface area contributed by atoms with Crippen LogP contribution in [-0.4, -0.2) is 67.4 Å². The van der Waals surface area contributed by atoms with E-state index in [2.05, 4.69) is 15.4 Å². The molecule has 2 aliphatic rings. The Labute approximate surface area is 145 Å². The average Bonchev–Trinajstić information content (AvgIpc) is 3.06. The third-order valence-electron chi connectivity index (χ3n) is 5.06. The van der Waals surface area contributed by atoms with Crippen molar-refractivity contribution in [3.8, 4) is 11.3 Å². The lowest BCUT2D eigenvalue weighted by atomic mass is 9.91. The van der Waals surface area contributed by atoms with Crippen LogP contribution >= 0.6 is 0 Å². The fourth-order valence-electron chi connectivity index (χ4n) is 3.43. The number of nitrogens with one attached hydrogen (secondary N) is 1. The molecule has 25 heavy (non-hydrogen) atoms. The Morgan fingerprint density at radius 1 is 1.36 bits per heavy atom. The lowest BCUT2D eigenvalue weighted by Gasteiger charge is -2.41. The zero-order chi connectivity index (χ0) is 17.4. The van der Waals surface area contributed by atoms with Crippen molar-refractivity contribution in [2.75, 3.05) is 26.2 Å². The molecule has 2 aromatic heterocycles. The molecule has 8 nitrogen and oxygen atoms in total. The monoisotopic (exact) mass is 342 g/mol. The summed E-state index contributed by atoms with van der Waals surface area (Å²) in [5.41, 5.74) is 0.633. The second-order valence-corrected chi connectivity index (χ2v) is 6.90. The number of β-amino-alcohol motifs (C(OH)–C–C–N with tert-alkyl or cyclic N) is 1. The minimum atomic E-state index is -1.20. The van der Waals surface area contributed by atoms with Crippen LogP contribution in [0, 0.1) is 0 Å². The lowest BCUT2D eigenvalue weighted by Crippen LogP contribution is -2.68. The summed E-state index contributed by atoms with van der Waals surface area (Å²) < 4.78 is 1.75. The highest BCUT2D eigenvalue weighted by atomic mass is 16.3. The highest BCUT2D eigenvalue weighted by Gasteiger charge is 2.45. The quantitative estimate of drug-likeness (QED) is 0.810. The lowest BCUT2D eigenvalue weighted by molar-refractivity contribution is -0.157. The van der Waals surface area contributed by atoms with Crippen LogP contribution in [0.2, 0.25) is 0 Å². The number of rotatable bonds is 3. The first-order chi connectivity index (χ1) is 12.0. The maximum Gasteiger partial charge on any atom is 0.257 e. The van der Waals surface area contributed by atoms with E-state index in [1.165, 1.54) is 0 Å². The van der Waals surface area contributed by atoms with Crippen LogP contribution in [0.4, 0.5) is 0 Å². The highest BCUT2D eigenvalue weighted by Crippen LogP contribution is 2.28. The predicted octanol–water partition coefficient (Wildman–Crippen LogP) is -0.0826. The maximum absolute atomic E-state index is 12.4. The third kappa shape index (κ3) is 3.03. The zero-order valence-electron chi connectivity index (χ0n) is 14.2. The number of hydrogen-bond acceptors (Lipinski definition) is 6. The van der Waals surface area contributed by atoms with E-state index in [-0.39, 0.29) is 11.8 Å². The second-order valence-electron chi connectivity index (χ2n) is 6.90. The van der Waals surface area contributed by atoms with Crippen LogP contribution in [0.5, 0.6) is 0 Å². The number of hydrogen-bond donors (Lipinski definition) is 2. The topological polar surface area (TPSA) is 96.2 Å². The fourth-order valence-corrected chi connectivity index (χ4v) is 3.43. The van der Waals surface area contributed by atoms with Crippen molar-refractivity contribution in [3.63, 3.8) is 0 Å². The molecule has 0 spiro atoms. The molecule has 2 fully saturated rings. The Morgan fingerprint density at radius 2 is 2.12 bits per heavy atom. The van der Waals surface area contributed by atoms with Gasteiger partial charge in [-0.3, -0.25) is 9.48 Å². The number of carbonyl (C=O) groups excluding carboxylic acids is 1. The Morgan fingerprint density at radius 3 is 2.72 bits per heavy atom. The van der Waals surface area contributed by atoms with E-state index in [9.17, 15) is 9.90 Å². The molecule has 0 atom stereocenters. The molecule has 0 aromatic carbocycles. The van der Waals surface area contributed by atoms with E-state index in [0.717, 1.165) is 29.9 Å². The number of aliphatic hydroxyl groups is 1. The Bertz CT molecular complexity index is 777. The number of nitrogens with zero attached hydrogens (tertiary/aromatic N) is 5. The molecule has 2 N–H and O–H groups in total. The van der Waals surface area contributed by atoms with Crippen molar-refractivity contribution in [3.05, 3.63) is 30.5 Å². The Hall–Kier alpha value is -2.32. The zero-order valence-corrected chi connectivity index (χ0v) is 14.2. The van der Waals surface area contributed by atoms with Gasteiger partial charge in [0.2, 0.25) is 0 Å². The number of amides is 1. The van der Waals surface area contributed by atoms with Crippen LogP contribution in [0.15, 0.2) is 24.7 Å². The number of likely N-dealkylation sites (tertiary alicyclic amines) is 1. The van der Waals surface area contributed by atoms with Crippen molar-refractivity contribution >= 4 is 5.91 Å². The summed E-state index contributed by atoms with van der Waals surface area (Å²) in [5.74, 6) is 0.891. The molecule has 0 aliphatic carbocycles. The second kappa shape index (κ2) is 6.20. The molecule has 2 aromatic rings. The summed E-state index contributed by atoms with van der Waals surface area (Å²) in [7, 11) is 1.88. The first-order valence-corrected chi connectivity index (χ1v) is 8.60. The third-order valence-corrected chi connectivity index (χ3v) is 5.06. The minimum absolute atomic E-state index is 0.158. The van der Waals surface area contributed by atoms with Gasteiger partial charge in [-0.05, 0) is 18.9 Å². The number of carbonyl (C=O) groups is 1.